The number of aryl methyl sites for hydroxylation is 1. The first-order valence-corrected chi connectivity index (χ1v) is 5.91. The van der Waals surface area contributed by atoms with E-state index in [4.69, 9.17) is 11.6 Å². The number of carbonyl (C=O) groups excluding carboxylic acids is 1. The third kappa shape index (κ3) is 2.36. The van der Waals surface area contributed by atoms with Crippen molar-refractivity contribution in [3.63, 3.8) is 0 Å². The number of amides is 1. The second-order valence-corrected chi connectivity index (χ2v) is 4.34. The standard InChI is InChI=1S/C12H14ClNO2/c13-6-5-11(15)9-1-3-10-8(7-9)2-4-12(16)14-10/h1,3,7,11,15H,2,4-6H2,(H,14,16). The molecule has 1 heterocycles. The van der Waals surface area contributed by atoms with Gasteiger partial charge in [-0.25, -0.2) is 0 Å². The topological polar surface area (TPSA) is 49.3 Å². The van der Waals surface area contributed by atoms with E-state index in [1.54, 1.807) is 0 Å². The maximum absolute atomic E-state index is 11.2. The van der Waals surface area contributed by atoms with Gasteiger partial charge in [0.2, 0.25) is 5.91 Å². The summed E-state index contributed by atoms with van der Waals surface area (Å²) < 4.78 is 0. The fourth-order valence-electron chi connectivity index (χ4n) is 1.88. The monoisotopic (exact) mass is 239 g/mol. The summed E-state index contributed by atoms with van der Waals surface area (Å²) >= 11 is 5.59. The highest BCUT2D eigenvalue weighted by Crippen LogP contribution is 2.27. The van der Waals surface area contributed by atoms with Crippen molar-refractivity contribution in [2.45, 2.75) is 25.4 Å². The zero-order chi connectivity index (χ0) is 11.5. The van der Waals surface area contributed by atoms with Gasteiger partial charge in [0.25, 0.3) is 0 Å². The summed E-state index contributed by atoms with van der Waals surface area (Å²) in [4.78, 5) is 11.2. The molecule has 0 aliphatic carbocycles. The van der Waals surface area contributed by atoms with Crippen molar-refractivity contribution in [3.8, 4) is 0 Å². The van der Waals surface area contributed by atoms with Crippen LogP contribution in [-0.4, -0.2) is 16.9 Å². The fraction of sp³-hybridized carbons (Fsp3) is 0.417. The normalized spacial score (nSPS) is 16.5. The van der Waals surface area contributed by atoms with Crippen LogP contribution in [0.3, 0.4) is 0 Å². The Kier molecular flexibility index (Phi) is 3.46. The Morgan fingerprint density at radius 1 is 1.44 bits per heavy atom. The zero-order valence-electron chi connectivity index (χ0n) is 8.87. The van der Waals surface area contributed by atoms with Gasteiger partial charge in [-0.15, -0.1) is 11.6 Å². The maximum Gasteiger partial charge on any atom is 0.224 e. The lowest BCUT2D eigenvalue weighted by Crippen LogP contribution is -2.19. The number of hydrogen-bond donors (Lipinski definition) is 2. The molecule has 1 amide bonds. The molecule has 1 aliphatic rings. The Morgan fingerprint density at radius 2 is 2.25 bits per heavy atom. The van der Waals surface area contributed by atoms with E-state index in [0.717, 1.165) is 23.2 Å². The third-order valence-corrected chi connectivity index (χ3v) is 3.01. The molecule has 2 rings (SSSR count). The number of halogens is 1. The van der Waals surface area contributed by atoms with Gasteiger partial charge >= 0.3 is 0 Å². The molecule has 0 saturated carbocycles. The first kappa shape index (κ1) is 11.4. The van der Waals surface area contributed by atoms with Gasteiger partial charge in [0, 0.05) is 18.0 Å². The summed E-state index contributed by atoms with van der Waals surface area (Å²) in [7, 11) is 0. The van der Waals surface area contributed by atoms with Crippen LogP contribution in [0.2, 0.25) is 0 Å². The Balaban J connectivity index is 2.22. The average molecular weight is 240 g/mol. The molecule has 2 N–H and O–H groups in total. The van der Waals surface area contributed by atoms with Gasteiger partial charge in [0.1, 0.15) is 0 Å². The smallest absolute Gasteiger partial charge is 0.224 e. The van der Waals surface area contributed by atoms with Crippen molar-refractivity contribution in [1.82, 2.24) is 0 Å². The van der Waals surface area contributed by atoms with Crippen LogP contribution in [0.5, 0.6) is 0 Å². The van der Waals surface area contributed by atoms with Crippen molar-refractivity contribution in [2.75, 3.05) is 11.2 Å². The number of hydrogen-bond acceptors (Lipinski definition) is 2. The van der Waals surface area contributed by atoms with Crippen LogP contribution >= 0.6 is 11.6 Å². The highest BCUT2D eigenvalue weighted by Gasteiger charge is 2.16. The molecule has 0 radical (unpaired) electrons. The van der Waals surface area contributed by atoms with E-state index in [1.807, 2.05) is 18.2 Å². The fourth-order valence-corrected chi connectivity index (χ4v) is 2.09. The minimum absolute atomic E-state index is 0.0570. The first-order chi connectivity index (χ1) is 7.70. The summed E-state index contributed by atoms with van der Waals surface area (Å²) in [6, 6.07) is 5.63. The van der Waals surface area contributed by atoms with E-state index < -0.39 is 6.10 Å². The lowest BCUT2D eigenvalue weighted by atomic mass is 9.97. The van der Waals surface area contributed by atoms with Crippen LogP contribution in [0.25, 0.3) is 0 Å². The number of carbonyl (C=O) groups is 1. The molecular formula is C12H14ClNO2. The van der Waals surface area contributed by atoms with Gasteiger partial charge in [-0.1, -0.05) is 12.1 Å². The summed E-state index contributed by atoms with van der Waals surface area (Å²) in [5, 5.41) is 12.6. The number of benzene rings is 1. The molecule has 0 spiro atoms. The Bertz CT molecular complexity index is 406. The van der Waals surface area contributed by atoms with E-state index in [2.05, 4.69) is 5.32 Å². The van der Waals surface area contributed by atoms with Crippen LogP contribution < -0.4 is 5.32 Å². The Morgan fingerprint density at radius 3 is 3.00 bits per heavy atom. The molecular weight excluding hydrogens is 226 g/mol. The molecule has 1 aromatic rings. The predicted molar refractivity (Wildman–Crippen MR) is 63.7 cm³/mol. The van der Waals surface area contributed by atoms with Crippen LogP contribution in [0.15, 0.2) is 18.2 Å². The second kappa shape index (κ2) is 4.85. The predicted octanol–water partition coefficient (Wildman–Crippen LogP) is 2.23. The number of aliphatic hydroxyl groups excluding tert-OH is 1. The molecule has 1 atom stereocenters. The highest BCUT2D eigenvalue weighted by molar-refractivity contribution is 6.17. The molecule has 3 nitrogen and oxygen atoms in total. The van der Waals surface area contributed by atoms with E-state index in [0.29, 0.717) is 18.7 Å². The number of aliphatic hydroxyl groups is 1. The minimum atomic E-state index is -0.513. The van der Waals surface area contributed by atoms with Crippen LogP contribution in [0.1, 0.15) is 30.1 Å². The van der Waals surface area contributed by atoms with Gasteiger partial charge < -0.3 is 10.4 Å². The molecule has 0 bridgehead atoms. The van der Waals surface area contributed by atoms with Gasteiger partial charge in [0.05, 0.1) is 6.10 Å². The highest BCUT2D eigenvalue weighted by atomic mass is 35.5. The van der Waals surface area contributed by atoms with Crippen molar-refractivity contribution in [2.24, 2.45) is 0 Å². The summed E-state index contributed by atoms with van der Waals surface area (Å²) in [6.45, 7) is 0. The number of fused-ring (bicyclic) bond motifs is 1. The van der Waals surface area contributed by atoms with Crippen LogP contribution in [-0.2, 0) is 11.2 Å². The van der Waals surface area contributed by atoms with E-state index in [1.165, 1.54) is 0 Å². The van der Waals surface area contributed by atoms with E-state index >= 15 is 0 Å². The molecule has 1 unspecified atom stereocenters. The molecule has 86 valence electrons. The SMILES string of the molecule is O=C1CCc2cc(C(O)CCCl)ccc2N1. The maximum atomic E-state index is 11.2. The molecule has 1 aromatic carbocycles. The summed E-state index contributed by atoms with van der Waals surface area (Å²) in [6.07, 6.45) is 1.29. The lowest BCUT2D eigenvalue weighted by Gasteiger charge is -2.19. The second-order valence-electron chi connectivity index (χ2n) is 3.96. The quantitative estimate of drug-likeness (QED) is 0.795. The Hall–Kier alpha value is -1.06. The lowest BCUT2D eigenvalue weighted by molar-refractivity contribution is -0.116. The van der Waals surface area contributed by atoms with Gasteiger partial charge in [-0.05, 0) is 30.0 Å². The van der Waals surface area contributed by atoms with Crippen molar-refractivity contribution in [3.05, 3.63) is 29.3 Å². The minimum Gasteiger partial charge on any atom is -0.388 e. The van der Waals surface area contributed by atoms with Crippen LogP contribution in [0, 0.1) is 0 Å². The number of rotatable bonds is 3. The average Bonchev–Trinajstić information content (AvgIpc) is 2.28. The van der Waals surface area contributed by atoms with Gasteiger partial charge in [-0.2, -0.15) is 0 Å². The van der Waals surface area contributed by atoms with Gasteiger partial charge in [0.15, 0.2) is 0 Å². The van der Waals surface area contributed by atoms with E-state index in [9.17, 15) is 9.90 Å². The largest absolute Gasteiger partial charge is 0.388 e. The van der Waals surface area contributed by atoms with Crippen molar-refractivity contribution in [1.29, 1.82) is 0 Å². The molecule has 0 saturated heterocycles. The third-order valence-electron chi connectivity index (χ3n) is 2.79. The van der Waals surface area contributed by atoms with Crippen molar-refractivity contribution >= 4 is 23.2 Å². The number of anilines is 1. The molecule has 1 aliphatic heterocycles. The summed E-state index contributed by atoms with van der Waals surface area (Å²) in [5.41, 5.74) is 2.82. The molecule has 0 fully saturated rings. The Labute approximate surface area is 99.4 Å². The zero-order valence-corrected chi connectivity index (χ0v) is 9.63. The van der Waals surface area contributed by atoms with Crippen LogP contribution in [0.4, 0.5) is 5.69 Å². The number of alkyl halides is 1. The molecule has 4 heteroatoms. The number of nitrogens with one attached hydrogen (secondary N) is 1. The molecule has 16 heavy (non-hydrogen) atoms. The van der Waals surface area contributed by atoms with Crippen molar-refractivity contribution < 1.29 is 9.90 Å². The van der Waals surface area contributed by atoms with Gasteiger partial charge in [-0.3, -0.25) is 4.79 Å². The first-order valence-electron chi connectivity index (χ1n) is 5.37. The summed E-state index contributed by atoms with van der Waals surface area (Å²) in [5.74, 6) is 0.496. The molecule has 0 aromatic heterocycles. The van der Waals surface area contributed by atoms with E-state index in [-0.39, 0.29) is 5.91 Å².